The molecule has 0 spiro atoms. The number of piperidine rings is 1. The second-order valence-corrected chi connectivity index (χ2v) is 4.48. The van der Waals surface area contributed by atoms with E-state index >= 15 is 0 Å². The summed E-state index contributed by atoms with van der Waals surface area (Å²) in [7, 11) is 0. The molecule has 0 aromatic heterocycles. The molecule has 84 valence electrons. The van der Waals surface area contributed by atoms with Crippen LogP contribution in [0.4, 0.5) is 5.69 Å². The van der Waals surface area contributed by atoms with Gasteiger partial charge in [0.05, 0.1) is 11.3 Å². The molecule has 0 bridgehead atoms. The van der Waals surface area contributed by atoms with Crippen molar-refractivity contribution in [3.05, 3.63) is 29.3 Å². The van der Waals surface area contributed by atoms with E-state index in [0.29, 0.717) is 0 Å². The second-order valence-electron chi connectivity index (χ2n) is 4.48. The van der Waals surface area contributed by atoms with Gasteiger partial charge in [0.25, 0.3) is 0 Å². The lowest BCUT2D eigenvalue weighted by Gasteiger charge is -2.33. The van der Waals surface area contributed by atoms with Crippen LogP contribution in [0.3, 0.4) is 0 Å². The van der Waals surface area contributed by atoms with Gasteiger partial charge in [0.1, 0.15) is 6.07 Å². The minimum atomic E-state index is 0.238. The molecule has 1 aromatic carbocycles. The zero-order chi connectivity index (χ0) is 11.5. The van der Waals surface area contributed by atoms with Crippen LogP contribution in [-0.4, -0.2) is 19.1 Å². The zero-order valence-corrected chi connectivity index (χ0v) is 9.61. The highest BCUT2D eigenvalue weighted by Crippen LogP contribution is 2.24. The molecule has 2 N–H and O–H groups in total. The lowest BCUT2D eigenvalue weighted by molar-refractivity contribution is 0.506. The van der Waals surface area contributed by atoms with Crippen LogP contribution in [-0.2, 0) is 0 Å². The van der Waals surface area contributed by atoms with Gasteiger partial charge in [-0.15, -0.1) is 0 Å². The number of hydrogen-bond donors (Lipinski definition) is 1. The highest BCUT2D eigenvalue weighted by atomic mass is 15.1. The van der Waals surface area contributed by atoms with Crippen molar-refractivity contribution in [1.82, 2.24) is 0 Å². The summed E-state index contributed by atoms with van der Waals surface area (Å²) in [5.74, 6) is 0. The first-order valence-electron chi connectivity index (χ1n) is 5.72. The van der Waals surface area contributed by atoms with E-state index in [-0.39, 0.29) is 6.04 Å². The second kappa shape index (κ2) is 4.54. The molecule has 1 fully saturated rings. The van der Waals surface area contributed by atoms with Crippen molar-refractivity contribution >= 4 is 5.69 Å². The van der Waals surface area contributed by atoms with E-state index in [9.17, 15) is 0 Å². The standard InChI is InChI=1S/C13H17N3/c1-10-4-5-13(11(7-10)8-14)16-6-2-3-12(15)9-16/h4-5,7,12H,2-3,6,9,15H2,1H3/t12-/m1/s1. The molecular weight excluding hydrogens is 198 g/mol. The SMILES string of the molecule is Cc1ccc(N2CCC[C@@H](N)C2)c(C#N)c1. The van der Waals surface area contributed by atoms with Gasteiger partial charge < -0.3 is 10.6 Å². The molecule has 1 heterocycles. The number of anilines is 1. The molecule has 3 heteroatoms. The van der Waals surface area contributed by atoms with Crippen molar-refractivity contribution in [1.29, 1.82) is 5.26 Å². The van der Waals surface area contributed by atoms with Crippen molar-refractivity contribution in [2.45, 2.75) is 25.8 Å². The van der Waals surface area contributed by atoms with E-state index in [1.165, 1.54) is 0 Å². The minimum absolute atomic E-state index is 0.238. The first kappa shape index (κ1) is 11.0. The molecule has 0 saturated carbocycles. The van der Waals surface area contributed by atoms with Gasteiger partial charge in [0.2, 0.25) is 0 Å². The average molecular weight is 215 g/mol. The third kappa shape index (κ3) is 2.17. The topological polar surface area (TPSA) is 53.0 Å². The molecular formula is C13H17N3. The van der Waals surface area contributed by atoms with Crippen molar-refractivity contribution in [3.63, 3.8) is 0 Å². The van der Waals surface area contributed by atoms with Crippen molar-refractivity contribution in [3.8, 4) is 6.07 Å². The van der Waals surface area contributed by atoms with Crippen LogP contribution in [0.2, 0.25) is 0 Å². The van der Waals surface area contributed by atoms with E-state index in [0.717, 1.165) is 42.7 Å². The van der Waals surface area contributed by atoms with E-state index in [1.807, 2.05) is 19.1 Å². The zero-order valence-electron chi connectivity index (χ0n) is 9.61. The first-order chi connectivity index (χ1) is 7.70. The van der Waals surface area contributed by atoms with Crippen LogP contribution < -0.4 is 10.6 Å². The summed E-state index contributed by atoms with van der Waals surface area (Å²) in [6, 6.07) is 8.53. The molecule has 2 rings (SSSR count). The Hall–Kier alpha value is -1.53. The summed E-state index contributed by atoms with van der Waals surface area (Å²) in [4.78, 5) is 2.23. The molecule has 16 heavy (non-hydrogen) atoms. The van der Waals surface area contributed by atoms with Gasteiger partial charge >= 0.3 is 0 Å². The van der Waals surface area contributed by atoms with Gasteiger partial charge in [-0.25, -0.2) is 0 Å². The Kier molecular flexibility index (Phi) is 3.12. The number of aryl methyl sites for hydroxylation is 1. The molecule has 0 aliphatic carbocycles. The van der Waals surface area contributed by atoms with Gasteiger partial charge in [-0.1, -0.05) is 6.07 Å². The smallest absolute Gasteiger partial charge is 0.101 e. The largest absolute Gasteiger partial charge is 0.369 e. The normalized spacial score (nSPS) is 20.6. The Morgan fingerprint density at radius 1 is 1.50 bits per heavy atom. The third-order valence-corrected chi connectivity index (χ3v) is 3.07. The van der Waals surface area contributed by atoms with Gasteiger partial charge in [0.15, 0.2) is 0 Å². The maximum Gasteiger partial charge on any atom is 0.101 e. The van der Waals surface area contributed by atoms with Crippen LogP contribution in [0.15, 0.2) is 18.2 Å². The molecule has 0 unspecified atom stereocenters. The minimum Gasteiger partial charge on any atom is -0.369 e. The molecule has 0 radical (unpaired) electrons. The van der Waals surface area contributed by atoms with Gasteiger partial charge in [-0.05, 0) is 37.5 Å². The number of rotatable bonds is 1. The fourth-order valence-corrected chi connectivity index (χ4v) is 2.24. The predicted molar refractivity (Wildman–Crippen MR) is 65.3 cm³/mol. The summed E-state index contributed by atoms with van der Waals surface area (Å²) >= 11 is 0. The summed E-state index contributed by atoms with van der Waals surface area (Å²) in [6.45, 7) is 3.87. The highest BCUT2D eigenvalue weighted by molar-refractivity contribution is 5.60. The molecule has 1 aliphatic rings. The van der Waals surface area contributed by atoms with E-state index in [4.69, 9.17) is 11.0 Å². The Labute approximate surface area is 96.5 Å². The molecule has 1 saturated heterocycles. The maximum atomic E-state index is 9.13. The third-order valence-electron chi connectivity index (χ3n) is 3.07. The van der Waals surface area contributed by atoms with Crippen molar-refractivity contribution in [2.24, 2.45) is 5.73 Å². The summed E-state index contributed by atoms with van der Waals surface area (Å²) in [5, 5.41) is 9.13. The van der Waals surface area contributed by atoms with E-state index in [1.54, 1.807) is 0 Å². The lowest BCUT2D eigenvalue weighted by atomic mass is 10.0. The molecule has 1 atom stereocenters. The van der Waals surface area contributed by atoms with Crippen LogP contribution in [0.5, 0.6) is 0 Å². The Bertz CT molecular complexity index is 420. The van der Waals surface area contributed by atoms with Gasteiger partial charge in [0, 0.05) is 19.1 Å². The Balaban J connectivity index is 2.29. The summed E-state index contributed by atoms with van der Waals surface area (Å²) in [6.07, 6.45) is 2.20. The number of benzene rings is 1. The molecule has 1 aliphatic heterocycles. The van der Waals surface area contributed by atoms with Crippen molar-refractivity contribution in [2.75, 3.05) is 18.0 Å². The molecule has 0 amide bonds. The summed E-state index contributed by atoms with van der Waals surface area (Å²) in [5.41, 5.74) is 8.88. The Morgan fingerprint density at radius 3 is 3.00 bits per heavy atom. The predicted octanol–water partition coefficient (Wildman–Crippen LogP) is 1.79. The summed E-state index contributed by atoms with van der Waals surface area (Å²) < 4.78 is 0. The van der Waals surface area contributed by atoms with Gasteiger partial charge in [-0.3, -0.25) is 0 Å². The lowest BCUT2D eigenvalue weighted by Crippen LogP contribution is -2.43. The average Bonchev–Trinajstić information content (AvgIpc) is 2.28. The monoisotopic (exact) mass is 215 g/mol. The number of nitriles is 1. The van der Waals surface area contributed by atoms with Crippen LogP contribution in [0.25, 0.3) is 0 Å². The van der Waals surface area contributed by atoms with Crippen LogP contribution in [0, 0.1) is 18.3 Å². The van der Waals surface area contributed by atoms with Crippen LogP contribution in [0.1, 0.15) is 24.0 Å². The van der Waals surface area contributed by atoms with Gasteiger partial charge in [-0.2, -0.15) is 5.26 Å². The highest BCUT2D eigenvalue weighted by Gasteiger charge is 2.18. The first-order valence-corrected chi connectivity index (χ1v) is 5.72. The Morgan fingerprint density at radius 2 is 2.31 bits per heavy atom. The van der Waals surface area contributed by atoms with E-state index < -0.39 is 0 Å². The van der Waals surface area contributed by atoms with Crippen LogP contribution >= 0.6 is 0 Å². The fraction of sp³-hybridized carbons (Fsp3) is 0.462. The molecule has 3 nitrogen and oxygen atoms in total. The van der Waals surface area contributed by atoms with Crippen molar-refractivity contribution < 1.29 is 0 Å². The molecule has 1 aromatic rings. The number of hydrogen-bond acceptors (Lipinski definition) is 3. The quantitative estimate of drug-likeness (QED) is 0.777. The number of nitrogens with two attached hydrogens (primary N) is 1. The maximum absolute atomic E-state index is 9.13. The number of nitrogens with zero attached hydrogens (tertiary/aromatic N) is 2. The fourth-order valence-electron chi connectivity index (χ4n) is 2.24. The van der Waals surface area contributed by atoms with E-state index in [2.05, 4.69) is 17.0 Å².